The fourth-order valence-corrected chi connectivity index (χ4v) is 2.33. The lowest BCUT2D eigenvalue weighted by atomic mass is 10.0. The van der Waals surface area contributed by atoms with E-state index in [9.17, 15) is 8.78 Å². The predicted molar refractivity (Wildman–Crippen MR) is 66.3 cm³/mol. The summed E-state index contributed by atoms with van der Waals surface area (Å²) in [5, 5.41) is 3.25. The van der Waals surface area contributed by atoms with Crippen LogP contribution >= 0.6 is 0 Å². The summed E-state index contributed by atoms with van der Waals surface area (Å²) in [6.07, 6.45) is 1.26. The van der Waals surface area contributed by atoms with Gasteiger partial charge < -0.3 is 10.1 Å². The highest BCUT2D eigenvalue weighted by molar-refractivity contribution is 5.21. The van der Waals surface area contributed by atoms with Gasteiger partial charge in [0.2, 0.25) is 0 Å². The molecule has 18 heavy (non-hydrogen) atoms. The Morgan fingerprint density at radius 3 is 2.89 bits per heavy atom. The van der Waals surface area contributed by atoms with Gasteiger partial charge in [-0.2, -0.15) is 0 Å². The van der Waals surface area contributed by atoms with Crippen LogP contribution in [0.15, 0.2) is 18.2 Å². The van der Waals surface area contributed by atoms with Crippen LogP contribution in [0.4, 0.5) is 8.78 Å². The topological polar surface area (TPSA) is 21.3 Å². The van der Waals surface area contributed by atoms with Gasteiger partial charge in [0.05, 0.1) is 6.10 Å². The number of rotatable bonds is 4. The molecule has 3 atom stereocenters. The smallest absolute Gasteiger partial charge is 0.128 e. The van der Waals surface area contributed by atoms with Crippen molar-refractivity contribution in [3.63, 3.8) is 0 Å². The normalized spacial score (nSPS) is 25.3. The van der Waals surface area contributed by atoms with Crippen LogP contribution in [-0.4, -0.2) is 19.3 Å². The first kappa shape index (κ1) is 13.4. The van der Waals surface area contributed by atoms with Crippen molar-refractivity contribution in [1.29, 1.82) is 0 Å². The summed E-state index contributed by atoms with van der Waals surface area (Å²) in [5.41, 5.74) is 0.376. The molecule has 1 saturated heterocycles. The fourth-order valence-electron chi connectivity index (χ4n) is 2.33. The van der Waals surface area contributed by atoms with Crippen LogP contribution in [0, 0.1) is 17.6 Å². The standard InChI is InChI=1S/C14H19F2NO/c1-9(13-7-12(15)3-4-14(13)16)17-8-11-5-6-18-10(11)2/h3-4,7,9-11,17H,5-6,8H2,1-2H3. The monoisotopic (exact) mass is 255 g/mol. The molecule has 1 aromatic carbocycles. The highest BCUT2D eigenvalue weighted by atomic mass is 19.1. The van der Waals surface area contributed by atoms with Crippen molar-refractivity contribution in [2.75, 3.05) is 13.2 Å². The first-order valence-electron chi connectivity index (χ1n) is 6.38. The molecule has 0 aromatic heterocycles. The lowest BCUT2D eigenvalue weighted by Crippen LogP contribution is -2.29. The van der Waals surface area contributed by atoms with Crippen molar-refractivity contribution in [3.05, 3.63) is 35.4 Å². The second-order valence-corrected chi connectivity index (χ2v) is 4.92. The zero-order valence-electron chi connectivity index (χ0n) is 10.7. The molecule has 0 radical (unpaired) electrons. The van der Waals surface area contributed by atoms with Crippen LogP contribution in [0.5, 0.6) is 0 Å². The van der Waals surface area contributed by atoms with Gasteiger partial charge in [-0.25, -0.2) is 8.78 Å². The minimum Gasteiger partial charge on any atom is -0.378 e. The quantitative estimate of drug-likeness (QED) is 0.893. The molecule has 0 spiro atoms. The molecule has 2 nitrogen and oxygen atoms in total. The van der Waals surface area contributed by atoms with Crippen molar-refractivity contribution in [2.24, 2.45) is 5.92 Å². The lowest BCUT2D eigenvalue weighted by molar-refractivity contribution is 0.105. The first-order valence-corrected chi connectivity index (χ1v) is 6.38. The minimum atomic E-state index is -0.405. The summed E-state index contributed by atoms with van der Waals surface area (Å²) in [7, 11) is 0. The molecule has 100 valence electrons. The number of nitrogens with one attached hydrogen (secondary N) is 1. The summed E-state index contributed by atoms with van der Waals surface area (Å²) in [6, 6.07) is 3.36. The maximum Gasteiger partial charge on any atom is 0.128 e. The van der Waals surface area contributed by atoms with E-state index in [4.69, 9.17) is 4.74 Å². The number of ether oxygens (including phenoxy) is 1. The second-order valence-electron chi connectivity index (χ2n) is 4.92. The number of hydrogen-bond donors (Lipinski definition) is 1. The van der Waals surface area contributed by atoms with Gasteiger partial charge in [-0.1, -0.05) is 0 Å². The van der Waals surface area contributed by atoms with Crippen molar-refractivity contribution in [1.82, 2.24) is 5.32 Å². The summed E-state index contributed by atoms with van der Waals surface area (Å²) >= 11 is 0. The van der Waals surface area contributed by atoms with Crippen LogP contribution in [0.1, 0.15) is 31.9 Å². The third kappa shape index (κ3) is 3.06. The number of halogens is 2. The van der Waals surface area contributed by atoms with Crippen LogP contribution in [-0.2, 0) is 4.74 Å². The Morgan fingerprint density at radius 1 is 1.44 bits per heavy atom. The van der Waals surface area contributed by atoms with Crippen LogP contribution in [0.2, 0.25) is 0 Å². The minimum absolute atomic E-state index is 0.200. The average molecular weight is 255 g/mol. The van der Waals surface area contributed by atoms with E-state index >= 15 is 0 Å². The molecule has 1 aliphatic heterocycles. The van der Waals surface area contributed by atoms with E-state index in [1.165, 1.54) is 12.1 Å². The maximum absolute atomic E-state index is 13.6. The predicted octanol–water partition coefficient (Wildman–Crippen LogP) is 3.04. The molecule has 0 aliphatic carbocycles. The summed E-state index contributed by atoms with van der Waals surface area (Å²) in [6.45, 7) is 5.44. The van der Waals surface area contributed by atoms with Gasteiger partial charge in [0.15, 0.2) is 0 Å². The Morgan fingerprint density at radius 2 is 2.22 bits per heavy atom. The van der Waals surface area contributed by atoms with Crippen LogP contribution in [0.25, 0.3) is 0 Å². The lowest BCUT2D eigenvalue weighted by Gasteiger charge is -2.20. The zero-order valence-corrected chi connectivity index (χ0v) is 10.7. The molecule has 1 aromatic rings. The molecule has 0 bridgehead atoms. The van der Waals surface area contributed by atoms with E-state index in [0.29, 0.717) is 11.5 Å². The zero-order chi connectivity index (χ0) is 13.1. The molecular weight excluding hydrogens is 236 g/mol. The van der Waals surface area contributed by atoms with E-state index in [2.05, 4.69) is 5.32 Å². The SMILES string of the molecule is CC(NCC1CCOC1C)c1cc(F)ccc1F. The molecule has 1 fully saturated rings. The van der Waals surface area contributed by atoms with Crippen LogP contribution in [0.3, 0.4) is 0 Å². The van der Waals surface area contributed by atoms with E-state index in [0.717, 1.165) is 25.6 Å². The molecule has 0 amide bonds. The Hall–Kier alpha value is -1.00. The fraction of sp³-hybridized carbons (Fsp3) is 0.571. The molecule has 0 saturated carbocycles. The van der Waals surface area contributed by atoms with Gasteiger partial charge >= 0.3 is 0 Å². The van der Waals surface area contributed by atoms with Crippen molar-refractivity contribution < 1.29 is 13.5 Å². The molecular formula is C14H19F2NO. The van der Waals surface area contributed by atoms with Crippen molar-refractivity contribution in [3.8, 4) is 0 Å². The van der Waals surface area contributed by atoms with Gasteiger partial charge in [0, 0.05) is 24.8 Å². The molecule has 2 rings (SSSR count). The van der Waals surface area contributed by atoms with Gasteiger partial charge in [-0.15, -0.1) is 0 Å². The van der Waals surface area contributed by atoms with Crippen molar-refractivity contribution in [2.45, 2.75) is 32.4 Å². The number of hydrogen-bond acceptors (Lipinski definition) is 2. The molecule has 1 heterocycles. The third-order valence-corrected chi connectivity index (χ3v) is 3.64. The Balaban J connectivity index is 1.94. The number of benzene rings is 1. The molecule has 1 N–H and O–H groups in total. The van der Waals surface area contributed by atoms with E-state index in [1.807, 2.05) is 13.8 Å². The van der Waals surface area contributed by atoms with Crippen LogP contribution < -0.4 is 5.32 Å². The summed E-state index contributed by atoms with van der Waals surface area (Å²) < 4.78 is 32.1. The molecule has 1 aliphatic rings. The van der Waals surface area contributed by atoms with E-state index in [1.54, 1.807) is 0 Å². The Bertz CT molecular complexity index is 411. The maximum atomic E-state index is 13.6. The van der Waals surface area contributed by atoms with Gasteiger partial charge in [0.1, 0.15) is 11.6 Å². The Kier molecular flexibility index (Phi) is 4.30. The van der Waals surface area contributed by atoms with E-state index < -0.39 is 5.82 Å². The van der Waals surface area contributed by atoms with Gasteiger partial charge in [-0.05, 0) is 44.4 Å². The summed E-state index contributed by atoms with van der Waals surface area (Å²) in [5.74, 6) is -0.325. The first-order chi connectivity index (χ1) is 8.58. The third-order valence-electron chi connectivity index (χ3n) is 3.64. The van der Waals surface area contributed by atoms with Gasteiger partial charge in [-0.3, -0.25) is 0 Å². The average Bonchev–Trinajstić information content (AvgIpc) is 2.75. The molecule has 4 heteroatoms. The van der Waals surface area contributed by atoms with Crippen molar-refractivity contribution >= 4 is 0 Å². The summed E-state index contributed by atoms with van der Waals surface area (Å²) in [4.78, 5) is 0. The van der Waals surface area contributed by atoms with Gasteiger partial charge in [0.25, 0.3) is 0 Å². The Labute approximate surface area is 106 Å². The van der Waals surface area contributed by atoms with E-state index in [-0.39, 0.29) is 18.0 Å². The highest BCUT2D eigenvalue weighted by Crippen LogP contribution is 2.22. The second kappa shape index (κ2) is 5.76. The molecule has 3 unspecified atom stereocenters. The highest BCUT2D eigenvalue weighted by Gasteiger charge is 2.24. The largest absolute Gasteiger partial charge is 0.378 e.